The first-order valence-electron chi connectivity index (χ1n) is 23.1. The van der Waals surface area contributed by atoms with Crippen molar-refractivity contribution >= 4 is 27.6 Å². The summed E-state index contributed by atoms with van der Waals surface area (Å²) in [6, 6.07) is 0. The molecule has 0 aromatic carbocycles. The molecular weight excluding hydrogens is 838 g/mol. The number of unbranched alkanes of at least 4 members (excludes halogenated alkanes) is 13. The second-order valence-electron chi connectivity index (χ2n) is 15.7. The molecule has 1 fully saturated rings. The zero-order chi connectivity index (χ0) is 45.6. The Hall–Kier alpha value is -2.22. The topological polar surface area (TPSA) is 208 Å². The first-order valence-corrected chi connectivity index (χ1v) is 26.1. The van der Waals surface area contributed by atoms with E-state index in [4.69, 9.17) is 28.5 Å². The number of esters is 2. The third-order valence-electron chi connectivity index (χ3n) is 9.79. The van der Waals surface area contributed by atoms with E-state index >= 15 is 0 Å². The third-order valence-corrected chi connectivity index (χ3v) is 11.2. The summed E-state index contributed by atoms with van der Waals surface area (Å²) in [5.41, 5.74) is 0. The van der Waals surface area contributed by atoms with Crippen LogP contribution in [0.2, 0.25) is 0 Å². The molecule has 358 valence electrons. The smallest absolute Gasteiger partial charge is 0.462 e. The van der Waals surface area contributed by atoms with Crippen molar-refractivity contribution in [1.82, 2.24) is 0 Å². The Labute approximate surface area is 372 Å². The molecule has 16 heteroatoms. The maximum atomic E-state index is 12.7. The number of carbonyl (C=O) groups excluding carboxylic acids is 2. The fraction of sp³-hybridized carbons (Fsp3) is 0.739. The van der Waals surface area contributed by atoms with E-state index in [0.29, 0.717) is 25.0 Å². The summed E-state index contributed by atoms with van der Waals surface area (Å²) in [5, 5.41) is 9.76. The van der Waals surface area contributed by atoms with Crippen molar-refractivity contribution in [2.75, 3.05) is 26.4 Å². The van der Waals surface area contributed by atoms with Crippen molar-refractivity contribution in [3.05, 3.63) is 60.8 Å². The van der Waals surface area contributed by atoms with Crippen LogP contribution in [-0.2, 0) is 46.5 Å². The lowest BCUT2D eigenvalue weighted by atomic mass is 10.1. The number of phosphoric acid groups is 2. The van der Waals surface area contributed by atoms with Crippen LogP contribution in [0, 0.1) is 0 Å². The maximum Gasteiger partial charge on any atom is 0.472 e. The number of hydrogen-bond acceptors (Lipinski definition) is 11. The molecule has 0 aromatic rings. The van der Waals surface area contributed by atoms with Crippen LogP contribution in [0.4, 0.5) is 0 Å². The first-order chi connectivity index (χ1) is 29.8. The van der Waals surface area contributed by atoms with Gasteiger partial charge in [-0.05, 0) is 83.5 Å². The van der Waals surface area contributed by atoms with Crippen LogP contribution >= 0.6 is 15.6 Å². The number of hydrogen-bond donors (Lipinski definition) is 4. The third kappa shape index (κ3) is 38.3. The van der Waals surface area contributed by atoms with E-state index in [1.807, 2.05) is 0 Å². The Morgan fingerprint density at radius 2 is 1.05 bits per heavy atom. The van der Waals surface area contributed by atoms with E-state index in [2.05, 4.69) is 83.7 Å². The van der Waals surface area contributed by atoms with Crippen molar-refractivity contribution in [1.29, 1.82) is 0 Å². The molecule has 4 N–H and O–H groups in total. The second-order valence-corrected chi connectivity index (χ2v) is 18.4. The van der Waals surface area contributed by atoms with Gasteiger partial charge in [-0.25, -0.2) is 9.13 Å². The van der Waals surface area contributed by atoms with Crippen LogP contribution in [0.15, 0.2) is 60.8 Å². The maximum absolute atomic E-state index is 12.7. The fourth-order valence-corrected chi connectivity index (χ4v) is 7.32. The summed E-state index contributed by atoms with van der Waals surface area (Å²) in [5.74, 6) is -1.09. The molecule has 0 aliphatic carbocycles. The summed E-state index contributed by atoms with van der Waals surface area (Å²) in [4.78, 5) is 52.8. The predicted octanol–water partition coefficient (Wildman–Crippen LogP) is 11.0. The zero-order valence-corrected chi connectivity index (χ0v) is 39.4. The molecule has 0 saturated carbocycles. The van der Waals surface area contributed by atoms with E-state index in [-0.39, 0.29) is 12.8 Å². The summed E-state index contributed by atoms with van der Waals surface area (Å²) in [6.07, 6.45) is 42.2. The van der Waals surface area contributed by atoms with Gasteiger partial charge in [0.05, 0.1) is 32.0 Å². The average Bonchev–Trinajstić information content (AvgIpc) is 3.99. The summed E-state index contributed by atoms with van der Waals surface area (Å²) in [7, 11) is -9.70. The highest BCUT2D eigenvalue weighted by atomic mass is 31.2. The van der Waals surface area contributed by atoms with Crippen LogP contribution < -0.4 is 0 Å². The Morgan fingerprint density at radius 1 is 0.565 bits per heavy atom. The Balaban J connectivity index is 2.38. The van der Waals surface area contributed by atoms with E-state index in [9.17, 15) is 28.7 Å². The van der Waals surface area contributed by atoms with Crippen molar-refractivity contribution in [3.8, 4) is 0 Å². The number of epoxide rings is 1. The molecule has 62 heavy (non-hydrogen) atoms. The van der Waals surface area contributed by atoms with Gasteiger partial charge in [-0.15, -0.1) is 0 Å². The van der Waals surface area contributed by atoms with Gasteiger partial charge in [0.2, 0.25) is 0 Å². The van der Waals surface area contributed by atoms with Gasteiger partial charge in [0.15, 0.2) is 6.10 Å². The molecule has 14 nitrogen and oxygen atoms in total. The van der Waals surface area contributed by atoms with Crippen LogP contribution in [0.1, 0.15) is 168 Å². The zero-order valence-electron chi connectivity index (χ0n) is 37.6. The average molecular weight is 919 g/mol. The van der Waals surface area contributed by atoms with E-state index in [1.165, 1.54) is 38.5 Å². The van der Waals surface area contributed by atoms with Crippen molar-refractivity contribution < 1.29 is 66.3 Å². The summed E-state index contributed by atoms with van der Waals surface area (Å²) in [6.45, 7) is 1.64. The molecule has 3 unspecified atom stereocenters. The van der Waals surface area contributed by atoms with Gasteiger partial charge < -0.3 is 34.0 Å². The van der Waals surface area contributed by atoms with Gasteiger partial charge in [-0.2, -0.15) is 0 Å². The molecule has 0 bridgehead atoms. The lowest BCUT2D eigenvalue weighted by Crippen LogP contribution is -2.30. The van der Waals surface area contributed by atoms with Gasteiger partial charge in [0.25, 0.3) is 0 Å². The van der Waals surface area contributed by atoms with Crippen LogP contribution in [0.3, 0.4) is 0 Å². The van der Waals surface area contributed by atoms with Crippen LogP contribution in [0.25, 0.3) is 0 Å². The normalized spacial score (nSPS) is 17.8. The number of allylic oxidation sites excluding steroid dienone is 9. The van der Waals surface area contributed by atoms with Crippen molar-refractivity contribution in [3.63, 3.8) is 0 Å². The van der Waals surface area contributed by atoms with E-state index < -0.39 is 66.2 Å². The molecule has 1 heterocycles. The number of aliphatic hydroxyl groups excluding tert-OH is 1. The highest BCUT2D eigenvalue weighted by Gasteiger charge is 2.36. The second kappa shape index (κ2) is 38.1. The molecule has 1 rings (SSSR count). The van der Waals surface area contributed by atoms with Gasteiger partial charge in [0, 0.05) is 12.8 Å². The molecule has 0 aromatic heterocycles. The van der Waals surface area contributed by atoms with E-state index in [0.717, 1.165) is 89.9 Å². The largest absolute Gasteiger partial charge is 0.472 e. The van der Waals surface area contributed by atoms with Crippen LogP contribution in [0.5, 0.6) is 0 Å². The van der Waals surface area contributed by atoms with Gasteiger partial charge in [-0.1, -0.05) is 132 Å². The van der Waals surface area contributed by atoms with Crippen LogP contribution in [-0.4, -0.2) is 82.6 Å². The quantitative estimate of drug-likeness (QED) is 0.0148. The summed E-state index contributed by atoms with van der Waals surface area (Å²) >= 11 is 0. The minimum absolute atomic E-state index is 0.0985. The minimum atomic E-state index is -4.87. The SMILES string of the molecule is CCCCC/C=C\C/C=C\C/C=C\C/C=C\CCCCCC(=O)OC[C@H](COP(=O)(O)OC[C@@H](O)COP(=O)(O)O)OC(=O)CCCCCCCC1OC1C/C=C\CCCCC. The molecule has 5 atom stereocenters. The van der Waals surface area contributed by atoms with E-state index in [1.54, 1.807) is 0 Å². The Bertz CT molecular complexity index is 1390. The highest BCUT2D eigenvalue weighted by Crippen LogP contribution is 2.44. The molecular formula is C46H80O14P2. The lowest BCUT2D eigenvalue weighted by molar-refractivity contribution is -0.161. The lowest BCUT2D eigenvalue weighted by Gasteiger charge is -2.20. The monoisotopic (exact) mass is 919 g/mol. The predicted molar refractivity (Wildman–Crippen MR) is 243 cm³/mol. The number of rotatable bonds is 42. The Morgan fingerprint density at radius 3 is 1.65 bits per heavy atom. The molecule has 1 aliphatic rings. The molecule has 0 amide bonds. The number of ether oxygens (including phenoxy) is 3. The first kappa shape index (κ1) is 57.8. The van der Waals surface area contributed by atoms with Gasteiger partial charge in [-0.3, -0.25) is 23.2 Å². The number of carbonyl (C=O) groups is 2. The minimum Gasteiger partial charge on any atom is -0.462 e. The number of phosphoric ester groups is 2. The molecule has 0 spiro atoms. The number of aliphatic hydroxyl groups is 1. The van der Waals surface area contributed by atoms with Gasteiger partial charge in [0.1, 0.15) is 12.7 Å². The Kier molecular flexibility index (Phi) is 35.5. The van der Waals surface area contributed by atoms with Crippen molar-refractivity contribution in [2.45, 2.75) is 192 Å². The standard InChI is InChI=1S/C46H80O14P2/c1-3-5-7-9-11-12-13-14-15-16-17-18-19-20-21-22-23-27-31-35-45(48)55-39-42(40-58-62(53,54)57-38-41(47)37-56-61(50,51)52)59-46(49)36-32-28-24-26-30-34-44-43(60-44)33-29-25-10-8-6-4-2/h11-12,14-15,17-18,20-21,25,29,41-44,47H,3-10,13,16,19,22-24,26-28,30-40H2,1-2H3,(H,53,54)(H2,50,51,52)/b12-11-,15-14-,18-17-,21-20-,29-25-/t41-,42+,43?,44?/m0/s1. The van der Waals surface area contributed by atoms with Gasteiger partial charge >= 0.3 is 27.6 Å². The molecule has 1 saturated heterocycles. The molecule has 1 aliphatic heterocycles. The molecule has 0 radical (unpaired) electrons. The highest BCUT2D eigenvalue weighted by molar-refractivity contribution is 7.47. The van der Waals surface area contributed by atoms with Crippen molar-refractivity contribution in [2.24, 2.45) is 0 Å². The fourth-order valence-electron chi connectivity index (χ4n) is 6.16. The summed E-state index contributed by atoms with van der Waals surface area (Å²) < 4.78 is 53.6.